The molecular formula is C41H37Cl6NO10. The fraction of sp³-hybridized carbons (Fsp3) is 0.268. The van der Waals surface area contributed by atoms with Gasteiger partial charge in [-0.05, 0) is 58.7 Å². The first-order chi connectivity index (χ1) is 27.3. The third-order valence-electron chi connectivity index (χ3n) is 8.67. The summed E-state index contributed by atoms with van der Waals surface area (Å²) in [6.07, 6.45) is -1.70. The number of ether oxygens (including phenoxy) is 1. The summed E-state index contributed by atoms with van der Waals surface area (Å²) in [5.41, 5.74) is 2.59. The Morgan fingerprint density at radius 3 is 1.17 bits per heavy atom. The maximum Gasteiger partial charge on any atom is 0.314 e. The molecule has 0 spiro atoms. The van der Waals surface area contributed by atoms with Crippen molar-refractivity contribution in [1.82, 2.24) is 4.90 Å². The van der Waals surface area contributed by atoms with Crippen molar-refractivity contribution in [1.29, 1.82) is 0 Å². The average Bonchev–Trinajstić information content (AvgIpc) is 3.14. The van der Waals surface area contributed by atoms with Crippen molar-refractivity contribution in [3.8, 4) is 0 Å². The minimum Gasteiger partial charge on any atom is -0.481 e. The quantitative estimate of drug-likeness (QED) is 0.0683. The molecule has 0 saturated heterocycles. The van der Waals surface area contributed by atoms with E-state index in [0.29, 0.717) is 33.3 Å². The Labute approximate surface area is 364 Å². The summed E-state index contributed by atoms with van der Waals surface area (Å²) < 4.78 is 4.84. The largest absolute Gasteiger partial charge is 0.481 e. The molecule has 0 heterocycles. The van der Waals surface area contributed by atoms with Crippen molar-refractivity contribution >= 4 is 105 Å². The van der Waals surface area contributed by atoms with E-state index >= 15 is 0 Å². The van der Waals surface area contributed by atoms with Crippen LogP contribution < -0.4 is 0 Å². The van der Waals surface area contributed by atoms with E-state index in [9.17, 15) is 44.1 Å². The summed E-state index contributed by atoms with van der Waals surface area (Å²) in [6, 6.07) is 23.5. The Kier molecular flexibility index (Phi) is 19.3. The van der Waals surface area contributed by atoms with Gasteiger partial charge in [0.05, 0.1) is 62.2 Å². The fourth-order valence-corrected chi connectivity index (χ4v) is 6.70. The number of benzene rings is 4. The molecule has 308 valence electrons. The standard InChI is InChI=1S/C22H18Cl4O7.C19H19Cl2NO3/c23-15-3-1-11(5-17(15)25)13(7-19(27)28)9-21(31)33-22(32)10-14(8-20(29)30)12-2-4-16(24)18(26)6-12;1-22(12-13-5-3-2-4-6-13)18(23)10-15(11-19(24)25)14-7-8-16(20)17(21)9-14/h1-6,13-14H,7-10H2,(H,27,28)(H,29,30);2-9,15H,10-12H2,1H3,(H,24,25). The highest BCUT2D eigenvalue weighted by Crippen LogP contribution is 2.33. The van der Waals surface area contributed by atoms with Crippen molar-refractivity contribution in [3.63, 3.8) is 0 Å². The monoisotopic (exact) mass is 913 g/mol. The number of nitrogens with zero attached hydrogens (tertiary/aromatic N) is 1. The van der Waals surface area contributed by atoms with Crippen molar-refractivity contribution in [3.05, 3.63) is 137 Å². The van der Waals surface area contributed by atoms with E-state index in [1.54, 1.807) is 30.1 Å². The highest BCUT2D eigenvalue weighted by Gasteiger charge is 2.26. The number of aliphatic carboxylic acids is 3. The number of halogens is 6. The van der Waals surface area contributed by atoms with Crippen LogP contribution in [-0.2, 0) is 40.0 Å². The van der Waals surface area contributed by atoms with E-state index in [4.69, 9.17) is 74.3 Å². The number of hydrogen-bond donors (Lipinski definition) is 3. The van der Waals surface area contributed by atoms with Gasteiger partial charge >= 0.3 is 29.8 Å². The smallest absolute Gasteiger partial charge is 0.314 e. The molecule has 0 fully saturated rings. The Bertz CT molecular complexity index is 2030. The van der Waals surface area contributed by atoms with Crippen LogP contribution in [0.25, 0.3) is 0 Å². The summed E-state index contributed by atoms with van der Waals surface area (Å²) in [7, 11) is 1.71. The van der Waals surface area contributed by atoms with E-state index in [2.05, 4.69) is 0 Å². The lowest BCUT2D eigenvalue weighted by Crippen LogP contribution is -2.28. The minimum atomic E-state index is -1.16. The molecular weight excluding hydrogens is 879 g/mol. The van der Waals surface area contributed by atoms with Crippen LogP contribution in [0.5, 0.6) is 0 Å². The number of carbonyl (C=O) groups excluding carboxylic acids is 3. The van der Waals surface area contributed by atoms with Crippen LogP contribution in [0.1, 0.15) is 78.5 Å². The van der Waals surface area contributed by atoms with Crippen molar-refractivity contribution in [2.75, 3.05) is 7.05 Å². The number of esters is 2. The molecule has 1 amide bonds. The van der Waals surface area contributed by atoms with Crippen LogP contribution in [0, 0.1) is 0 Å². The Balaban J connectivity index is 0.000000322. The molecule has 11 nitrogen and oxygen atoms in total. The van der Waals surface area contributed by atoms with Gasteiger partial charge in [0, 0.05) is 37.8 Å². The predicted molar refractivity (Wildman–Crippen MR) is 222 cm³/mol. The molecule has 0 aliphatic heterocycles. The van der Waals surface area contributed by atoms with Crippen LogP contribution in [-0.4, -0.2) is 63.0 Å². The van der Waals surface area contributed by atoms with Crippen molar-refractivity contribution in [2.24, 2.45) is 0 Å². The molecule has 17 heteroatoms. The number of amides is 1. The number of carboxylic acid groups (broad SMARTS) is 3. The molecule has 3 atom stereocenters. The third-order valence-corrected chi connectivity index (χ3v) is 10.9. The lowest BCUT2D eigenvalue weighted by molar-refractivity contribution is -0.160. The maximum absolute atomic E-state index is 12.5. The minimum absolute atomic E-state index is 0.0909. The van der Waals surface area contributed by atoms with E-state index in [1.165, 1.54) is 36.4 Å². The molecule has 3 unspecified atom stereocenters. The molecule has 3 N–H and O–H groups in total. The van der Waals surface area contributed by atoms with Crippen LogP contribution in [0.2, 0.25) is 30.1 Å². The number of rotatable bonds is 17. The van der Waals surface area contributed by atoms with Crippen LogP contribution in [0.15, 0.2) is 84.9 Å². The highest BCUT2D eigenvalue weighted by molar-refractivity contribution is 6.43. The first kappa shape index (κ1) is 48.0. The fourth-order valence-electron chi connectivity index (χ4n) is 5.78. The molecule has 0 aromatic heterocycles. The van der Waals surface area contributed by atoms with Crippen LogP contribution in [0.3, 0.4) is 0 Å². The molecule has 0 bridgehead atoms. The third kappa shape index (κ3) is 16.1. The van der Waals surface area contributed by atoms with Crippen molar-refractivity contribution < 1.29 is 48.8 Å². The summed E-state index contributed by atoms with van der Waals surface area (Å²) in [5, 5.41) is 29.2. The first-order valence-electron chi connectivity index (χ1n) is 17.3. The second-order valence-corrected chi connectivity index (χ2v) is 15.5. The van der Waals surface area contributed by atoms with Gasteiger partial charge in [0.1, 0.15) is 0 Å². The molecule has 4 aromatic carbocycles. The van der Waals surface area contributed by atoms with Gasteiger partial charge in [-0.25, -0.2) is 0 Å². The lowest BCUT2D eigenvalue weighted by Gasteiger charge is -2.21. The van der Waals surface area contributed by atoms with E-state index in [0.717, 1.165) is 5.56 Å². The molecule has 0 radical (unpaired) electrons. The van der Waals surface area contributed by atoms with Gasteiger partial charge in [-0.1, -0.05) is 118 Å². The Morgan fingerprint density at radius 2 is 0.845 bits per heavy atom. The zero-order chi connectivity index (χ0) is 43.1. The topological polar surface area (TPSA) is 176 Å². The summed E-state index contributed by atoms with van der Waals surface area (Å²) in [5.74, 6) is -7.42. The van der Waals surface area contributed by atoms with Gasteiger partial charge < -0.3 is 25.0 Å². The van der Waals surface area contributed by atoms with Gasteiger partial charge in [0.2, 0.25) is 5.91 Å². The summed E-state index contributed by atoms with van der Waals surface area (Å²) in [4.78, 5) is 72.5. The van der Waals surface area contributed by atoms with Gasteiger partial charge in [-0.15, -0.1) is 0 Å². The molecule has 58 heavy (non-hydrogen) atoms. The van der Waals surface area contributed by atoms with Gasteiger partial charge in [0.25, 0.3) is 0 Å². The number of carboxylic acids is 3. The Hall–Kier alpha value is -4.36. The second-order valence-electron chi connectivity index (χ2n) is 13.1. The SMILES string of the molecule is CN(Cc1ccccc1)C(=O)CC(CC(=O)O)c1ccc(Cl)c(Cl)c1.O=C(O)CC(CC(=O)OC(=O)CC(CC(=O)O)c1ccc(Cl)c(Cl)c1)c1ccc(Cl)c(Cl)c1. The van der Waals surface area contributed by atoms with Crippen molar-refractivity contribution in [2.45, 2.75) is 62.8 Å². The predicted octanol–water partition coefficient (Wildman–Crippen LogP) is 10.6. The lowest BCUT2D eigenvalue weighted by atomic mass is 9.92. The second kappa shape index (κ2) is 23.3. The van der Waals surface area contributed by atoms with Crippen LogP contribution >= 0.6 is 69.6 Å². The first-order valence-corrected chi connectivity index (χ1v) is 19.6. The molecule has 0 saturated carbocycles. The van der Waals surface area contributed by atoms with Gasteiger partial charge in [0.15, 0.2) is 0 Å². The molecule has 0 aliphatic rings. The molecule has 4 rings (SSSR count). The molecule has 0 aliphatic carbocycles. The molecule has 4 aromatic rings. The number of hydrogen-bond acceptors (Lipinski definition) is 7. The van der Waals surface area contributed by atoms with E-state index < -0.39 is 73.3 Å². The van der Waals surface area contributed by atoms with Crippen LogP contribution in [0.4, 0.5) is 0 Å². The summed E-state index contributed by atoms with van der Waals surface area (Å²) in [6.45, 7) is 0.473. The zero-order valence-corrected chi connectivity index (χ0v) is 35.2. The number of carbonyl (C=O) groups is 6. The van der Waals surface area contributed by atoms with E-state index in [1.807, 2.05) is 30.3 Å². The zero-order valence-electron chi connectivity index (χ0n) is 30.7. The van der Waals surface area contributed by atoms with Gasteiger partial charge in [-0.2, -0.15) is 0 Å². The maximum atomic E-state index is 12.5. The van der Waals surface area contributed by atoms with E-state index in [-0.39, 0.29) is 38.8 Å². The average molecular weight is 916 g/mol. The highest BCUT2D eigenvalue weighted by atomic mass is 35.5. The summed E-state index contributed by atoms with van der Waals surface area (Å²) >= 11 is 35.7. The normalized spacial score (nSPS) is 12.3. The Morgan fingerprint density at radius 1 is 0.500 bits per heavy atom. The van der Waals surface area contributed by atoms with Gasteiger partial charge in [-0.3, -0.25) is 28.8 Å².